The zero-order chi connectivity index (χ0) is 16.2. The van der Waals surface area contributed by atoms with Crippen molar-refractivity contribution in [3.05, 3.63) is 72.1 Å². The van der Waals surface area contributed by atoms with Gasteiger partial charge in [0.25, 0.3) is 0 Å². The first-order chi connectivity index (χ1) is 11.1. The molecule has 0 bridgehead atoms. The van der Waals surface area contributed by atoms with Gasteiger partial charge in [-0.1, -0.05) is 12.1 Å². The largest absolute Gasteiger partial charge is 0.340 e. The highest BCUT2D eigenvalue weighted by molar-refractivity contribution is 5.63. The van der Waals surface area contributed by atoms with E-state index in [1.54, 1.807) is 37.3 Å². The molecule has 2 N–H and O–H groups in total. The van der Waals surface area contributed by atoms with Crippen LogP contribution in [-0.4, -0.2) is 9.97 Å². The highest BCUT2D eigenvalue weighted by Crippen LogP contribution is 2.21. The number of halogens is 2. The summed E-state index contributed by atoms with van der Waals surface area (Å²) in [7, 11) is 0. The van der Waals surface area contributed by atoms with E-state index in [1.165, 1.54) is 24.3 Å². The molecule has 6 heteroatoms. The zero-order valence-corrected chi connectivity index (χ0v) is 12.3. The first kappa shape index (κ1) is 14.9. The molecule has 0 fully saturated rings. The maximum absolute atomic E-state index is 13.2. The quantitative estimate of drug-likeness (QED) is 0.742. The Morgan fingerprint density at radius 2 is 1.22 bits per heavy atom. The number of rotatable bonds is 4. The molecule has 0 unspecified atom stereocenters. The molecule has 2 aromatic carbocycles. The summed E-state index contributed by atoms with van der Waals surface area (Å²) in [6.45, 7) is 1.74. The van der Waals surface area contributed by atoms with Crippen LogP contribution in [0.4, 0.5) is 31.8 Å². The maximum Gasteiger partial charge on any atom is 0.136 e. The van der Waals surface area contributed by atoms with Crippen molar-refractivity contribution >= 4 is 23.0 Å². The summed E-state index contributed by atoms with van der Waals surface area (Å²) >= 11 is 0. The standard InChI is InChI=1S/C17H14F2N4/c1-11-20-16(22-14-6-2-4-12(18)8-14)10-17(21-11)23-15-7-3-5-13(19)9-15/h2-10H,1H3,(H2,20,21,22,23). The molecule has 0 aliphatic heterocycles. The molecule has 0 radical (unpaired) electrons. The van der Waals surface area contributed by atoms with Crippen molar-refractivity contribution < 1.29 is 8.78 Å². The van der Waals surface area contributed by atoms with Crippen molar-refractivity contribution in [2.45, 2.75) is 6.92 Å². The van der Waals surface area contributed by atoms with E-state index in [9.17, 15) is 8.78 Å². The lowest BCUT2D eigenvalue weighted by Crippen LogP contribution is -2.01. The summed E-state index contributed by atoms with van der Waals surface area (Å²) in [6, 6.07) is 13.8. The molecule has 3 aromatic rings. The van der Waals surface area contributed by atoms with Crippen LogP contribution < -0.4 is 10.6 Å². The molecular formula is C17H14F2N4. The monoisotopic (exact) mass is 312 g/mol. The number of nitrogens with zero attached hydrogens (tertiary/aromatic N) is 2. The van der Waals surface area contributed by atoms with Crippen LogP contribution in [0, 0.1) is 18.6 Å². The molecule has 0 amide bonds. The molecule has 0 saturated heterocycles. The molecule has 0 aliphatic rings. The Bertz CT molecular complexity index is 771. The van der Waals surface area contributed by atoms with Gasteiger partial charge in [0.05, 0.1) is 0 Å². The second-order valence-corrected chi connectivity index (χ2v) is 4.96. The van der Waals surface area contributed by atoms with Crippen LogP contribution in [-0.2, 0) is 0 Å². The third kappa shape index (κ3) is 4.00. The van der Waals surface area contributed by atoms with Gasteiger partial charge in [-0.25, -0.2) is 18.7 Å². The van der Waals surface area contributed by atoms with Crippen molar-refractivity contribution in [2.75, 3.05) is 10.6 Å². The SMILES string of the molecule is Cc1nc(Nc2cccc(F)c2)cc(Nc2cccc(F)c2)n1. The molecular weight excluding hydrogens is 298 g/mol. The van der Waals surface area contributed by atoms with Crippen LogP contribution in [0.1, 0.15) is 5.82 Å². The first-order valence-corrected chi connectivity index (χ1v) is 6.99. The molecule has 1 heterocycles. The topological polar surface area (TPSA) is 49.8 Å². The highest BCUT2D eigenvalue weighted by Gasteiger charge is 2.04. The Morgan fingerprint density at radius 3 is 1.65 bits per heavy atom. The fourth-order valence-electron chi connectivity index (χ4n) is 2.12. The number of hydrogen-bond acceptors (Lipinski definition) is 4. The Hall–Kier alpha value is -3.02. The van der Waals surface area contributed by atoms with Crippen LogP contribution >= 0.6 is 0 Å². The molecule has 4 nitrogen and oxygen atoms in total. The van der Waals surface area contributed by atoms with Crippen molar-refractivity contribution in [3.8, 4) is 0 Å². The lowest BCUT2D eigenvalue weighted by Gasteiger charge is -2.10. The molecule has 0 spiro atoms. The summed E-state index contributed by atoms with van der Waals surface area (Å²) in [5.74, 6) is 0.895. The third-order valence-corrected chi connectivity index (χ3v) is 3.03. The van der Waals surface area contributed by atoms with Gasteiger partial charge < -0.3 is 10.6 Å². The van der Waals surface area contributed by atoms with E-state index in [4.69, 9.17) is 0 Å². The van der Waals surface area contributed by atoms with E-state index in [1.807, 2.05) is 0 Å². The Kier molecular flexibility index (Phi) is 4.14. The van der Waals surface area contributed by atoms with E-state index in [0.717, 1.165) is 0 Å². The third-order valence-electron chi connectivity index (χ3n) is 3.03. The number of benzene rings is 2. The zero-order valence-electron chi connectivity index (χ0n) is 12.3. The number of hydrogen-bond donors (Lipinski definition) is 2. The lowest BCUT2D eigenvalue weighted by atomic mass is 10.3. The maximum atomic E-state index is 13.2. The molecule has 1 aromatic heterocycles. The predicted octanol–water partition coefficient (Wildman–Crippen LogP) is 4.55. The van der Waals surface area contributed by atoms with Gasteiger partial charge in [0, 0.05) is 17.4 Å². The average molecular weight is 312 g/mol. The number of anilines is 4. The number of aryl methyl sites for hydroxylation is 1. The molecule has 0 saturated carbocycles. The van der Waals surface area contributed by atoms with Crippen LogP contribution in [0.2, 0.25) is 0 Å². The average Bonchev–Trinajstić information content (AvgIpc) is 2.46. The molecule has 23 heavy (non-hydrogen) atoms. The Labute approximate surface area is 132 Å². The van der Waals surface area contributed by atoms with Gasteiger partial charge in [0.1, 0.15) is 29.1 Å². The predicted molar refractivity (Wildman–Crippen MR) is 86.1 cm³/mol. The fourth-order valence-corrected chi connectivity index (χ4v) is 2.12. The van der Waals surface area contributed by atoms with Crippen molar-refractivity contribution in [1.82, 2.24) is 9.97 Å². The van der Waals surface area contributed by atoms with E-state index in [0.29, 0.717) is 28.8 Å². The minimum absolute atomic E-state index is 0.334. The summed E-state index contributed by atoms with van der Waals surface area (Å²) in [5.41, 5.74) is 1.17. The number of nitrogens with one attached hydrogen (secondary N) is 2. The van der Waals surface area contributed by atoms with Crippen LogP contribution in [0.3, 0.4) is 0 Å². The van der Waals surface area contributed by atoms with Gasteiger partial charge in [-0.3, -0.25) is 0 Å². The fraction of sp³-hybridized carbons (Fsp3) is 0.0588. The van der Waals surface area contributed by atoms with Gasteiger partial charge in [-0.05, 0) is 43.3 Å². The lowest BCUT2D eigenvalue weighted by molar-refractivity contribution is 0.628. The van der Waals surface area contributed by atoms with E-state index < -0.39 is 0 Å². The van der Waals surface area contributed by atoms with Crippen molar-refractivity contribution in [3.63, 3.8) is 0 Å². The van der Waals surface area contributed by atoms with Gasteiger partial charge >= 0.3 is 0 Å². The Morgan fingerprint density at radius 1 is 0.739 bits per heavy atom. The highest BCUT2D eigenvalue weighted by atomic mass is 19.1. The first-order valence-electron chi connectivity index (χ1n) is 6.99. The van der Waals surface area contributed by atoms with Crippen molar-refractivity contribution in [1.29, 1.82) is 0 Å². The minimum Gasteiger partial charge on any atom is -0.340 e. The molecule has 3 rings (SSSR count). The van der Waals surface area contributed by atoms with Gasteiger partial charge in [-0.15, -0.1) is 0 Å². The van der Waals surface area contributed by atoms with Crippen molar-refractivity contribution in [2.24, 2.45) is 0 Å². The number of aromatic nitrogens is 2. The summed E-state index contributed by atoms with van der Waals surface area (Å²) in [5, 5.41) is 6.04. The van der Waals surface area contributed by atoms with Crippen LogP contribution in [0.15, 0.2) is 54.6 Å². The van der Waals surface area contributed by atoms with Gasteiger partial charge in [0.2, 0.25) is 0 Å². The molecule has 0 atom stereocenters. The van der Waals surface area contributed by atoms with Gasteiger partial charge in [-0.2, -0.15) is 0 Å². The van der Waals surface area contributed by atoms with E-state index in [2.05, 4.69) is 20.6 Å². The summed E-state index contributed by atoms with van der Waals surface area (Å²) in [6.07, 6.45) is 0. The van der Waals surface area contributed by atoms with Crippen LogP contribution in [0.25, 0.3) is 0 Å². The normalized spacial score (nSPS) is 10.4. The van der Waals surface area contributed by atoms with E-state index >= 15 is 0 Å². The second kappa shape index (κ2) is 6.39. The second-order valence-electron chi connectivity index (χ2n) is 4.96. The van der Waals surface area contributed by atoms with Gasteiger partial charge in [0.15, 0.2) is 0 Å². The molecule has 0 aliphatic carbocycles. The van der Waals surface area contributed by atoms with E-state index in [-0.39, 0.29) is 11.6 Å². The van der Waals surface area contributed by atoms with Crippen LogP contribution in [0.5, 0.6) is 0 Å². The smallest absolute Gasteiger partial charge is 0.136 e. The Balaban J connectivity index is 1.84. The summed E-state index contributed by atoms with van der Waals surface area (Å²) < 4.78 is 26.5. The summed E-state index contributed by atoms with van der Waals surface area (Å²) in [4.78, 5) is 8.52. The minimum atomic E-state index is -0.334. The molecule has 116 valence electrons.